The predicted molar refractivity (Wildman–Crippen MR) is 70.5 cm³/mol. The molecule has 0 radical (unpaired) electrons. The van der Waals surface area contributed by atoms with Gasteiger partial charge in [0.1, 0.15) is 0 Å². The van der Waals surface area contributed by atoms with Gasteiger partial charge in [0.05, 0.1) is 18.8 Å². The van der Waals surface area contributed by atoms with E-state index in [4.69, 9.17) is 0 Å². The molecule has 2 N–H and O–H groups in total. The molecular weight excluding hydrogens is 292 g/mol. The van der Waals surface area contributed by atoms with Gasteiger partial charge in [-0.1, -0.05) is 6.92 Å². The summed E-state index contributed by atoms with van der Waals surface area (Å²) in [4.78, 5) is 6.12. The lowest BCUT2D eigenvalue weighted by atomic mass is 10.4. The maximum absolute atomic E-state index is 11.7. The number of nitrogens with one attached hydrogen (secondary N) is 2. The summed E-state index contributed by atoms with van der Waals surface area (Å²) in [5.41, 5.74) is 0. The van der Waals surface area contributed by atoms with E-state index in [0.29, 0.717) is 13.0 Å². The Labute approximate surface area is 113 Å². The summed E-state index contributed by atoms with van der Waals surface area (Å²) in [5, 5.41) is -0.0111. The van der Waals surface area contributed by atoms with Crippen LogP contribution in [0.1, 0.15) is 13.3 Å². The molecule has 0 saturated heterocycles. The predicted octanol–water partition coefficient (Wildman–Crippen LogP) is -0.640. The van der Waals surface area contributed by atoms with Gasteiger partial charge in [0, 0.05) is 19.6 Å². The number of hydrogen-bond donors (Lipinski definition) is 2. The zero-order chi connectivity index (χ0) is 14.5. The maximum atomic E-state index is 11.7. The topological polar surface area (TPSA) is 112 Å². The Morgan fingerprint density at radius 1 is 1.37 bits per heavy atom. The van der Waals surface area contributed by atoms with E-state index in [9.17, 15) is 16.8 Å². The number of nitrogens with zero attached hydrogens (tertiary/aromatic N) is 2. The first kappa shape index (κ1) is 16.1. The van der Waals surface area contributed by atoms with E-state index in [-0.39, 0.29) is 18.1 Å². The molecule has 0 aromatic carbocycles. The third-order valence-corrected chi connectivity index (χ3v) is 5.23. The summed E-state index contributed by atoms with van der Waals surface area (Å²) in [6, 6.07) is 0. The van der Waals surface area contributed by atoms with Crippen LogP contribution in [0, 0.1) is 0 Å². The minimum absolute atomic E-state index is 0.0111. The SMILES string of the molecule is CCN(CCCNS(=O)(=O)c1cnc[nH]1)S(C)(=O)=O. The van der Waals surface area contributed by atoms with Crippen LogP contribution < -0.4 is 4.72 Å². The molecule has 0 spiro atoms. The average Bonchev–Trinajstić information content (AvgIpc) is 2.81. The molecule has 0 aliphatic rings. The molecule has 0 amide bonds. The van der Waals surface area contributed by atoms with Crippen molar-refractivity contribution in [3.8, 4) is 0 Å². The van der Waals surface area contributed by atoms with Gasteiger partial charge in [-0.25, -0.2) is 30.8 Å². The summed E-state index contributed by atoms with van der Waals surface area (Å²) in [6.45, 7) is 2.54. The minimum Gasteiger partial charge on any atom is -0.335 e. The third kappa shape index (κ3) is 4.90. The van der Waals surface area contributed by atoms with Gasteiger partial charge < -0.3 is 4.98 Å². The molecule has 0 aliphatic carbocycles. The summed E-state index contributed by atoms with van der Waals surface area (Å²) in [6.07, 6.45) is 4.01. The Morgan fingerprint density at radius 2 is 2.05 bits per heavy atom. The number of aromatic nitrogens is 2. The molecule has 10 heteroatoms. The van der Waals surface area contributed by atoms with Crippen LogP contribution in [0.15, 0.2) is 17.6 Å². The number of rotatable bonds is 8. The zero-order valence-electron chi connectivity index (χ0n) is 10.8. The molecule has 0 atom stereocenters. The van der Waals surface area contributed by atoms with Gasteiger partial charge in [0.15, 0.2) is 5.03 Å². The largest absolute Gasteiger partial charge is 0.335 e. The standard InChI is InChI=1S/C9H18N4O4S2/c1-3-13(18(2,14)15)6-4-5-12-19(16,17)9-7-10-8-11-9/h7-8,12H,3-6H2,1-2H3,(H,10,11). The van der Waals surface area contributed by atoms with Gasteiger partial charge in [-0.3, -0.25) is 0 Å². The highest BCUT2D eigenvalue weighted by molar-refractivity contribution is 7.89. The molecule has 0 fully saturated rings. The molecule has 1 aromatic rings. The second-order valence-corrected chi connectivity index (χ2v) is 7.64. The quantitative estimate of drug-likeness (QED) is 0.620. The smallest absolute Gasteiger partial charge is 0.257 e. The minimum atomic E-state index is -3.59. The van der Waals surface area contributed by atoms with Crippen molar-refractivity contribution in [3.63, 3.8) is 0 Å². The second kappa shape index (κ2) is 6.46. The Balaban J connectivity index is 2.44. The van der Waals surface area contributed by atoms with Crippen molar-refractivity contribution >= 4 is 20.0 Å². The molecule has 1 rings (SSSR count). The number of imidazole rings is 1. The summed E-state index contributed by atoms with van der Waals surface area (Å²) in [7, 11) is -6.83. The van der Waals surface area contributed by atoms with Gasteiger partial charge >= 0.3 is 0 Å². The molecule has 0 unspecified atom stereocenters. The number of hydrogen-bond acceptors (Lipinski definition) is 5. The Morgan fingerprint density at radius 3 is 2.53 bits per heavy atom. The van der Waals surface area contributed by atoms with Crippen molar-refractivity contribution in [2.75, 3.05) is 25.9 Å². The first-order chi connectivity index (χ1) is 8.77. The number of sulfonamides is 2. The molecule has 1 heterocycles. The zero-order valence-corrected chi connectivity index (χ0v) is 12.5. The highest BCUT2D eigenvalue weighted by atomic mass is 32.2. The molecule has 0 bridgehead atoms. The molecule has 0 aliphatic heterocycles. The second-order valence-electron chi connectivity index (χ2n) is 3.92. The lowest BCUT2D eigenvalue weighted by Crippen LogP contribution is -2.33. The van der Waals surface area contributed by atoms with Crippen LogP contribution >= 0.6 is 0 Å². The number of H-pyrrole nitrogens is 1. The molecule has 1 aromatic heterocycles. The normalized spacial score (nSPS) is 13.0. The van der Waals surface area contributed by atoms with Crippen molar-refractivity contribution < 1.29 is 16.8 Å². The van der Waals surface area contributed by atoms with Crippen LogP contribution in [0.3, 0.4) is 0 Å². The van der Waals surface area contributed by atoms with Crippen molar-refractivity contribution in [2.24, 2.45) is 0 Å². The van der Waals surface area contributed by atoms with Gasteiger partial charge in [0.2, 0.25) is 10.0 Å². The molecule has 110 valence electrons. The van der Waals surface area contributed by atoms with Gasteiger partial charge in [0.25, 0.3) is 10.0 Å². The van der Waals surface area contributed by atoms with Gasteiger partial charge in [-0.15, -0.1) is 0 Å². The van der Waals surface area contributed by atoms with E-state index in [1.54, 1.807) is 6.92 Å². The van der Waals surface area contributed by atoms with E-state index in [0.717, 1.165) is 6.26 Å². The molecule has 19 heavy (non-hydrogen) atoms. The Hall–Kier alpha value is -0.970. The summed E-state index contributed by atoms with van der Waals surface area (Å²) < 4.78 is 49.7. The first-order valence-corrected chi connectivity index (χ1v) is 9.03. The Bertz CT molecular complexity index is 580. The lowest BCUT2D eigenvalue weighted by molar-refractivity contribution is 0.424. The van der Waals surface area contributed by atoms with Crippen LogP contribution in [-0.4, -0.2) is 57.0 Å². The van der Waals surface area contributed by atoms with Crippen molar-refractivity contribution in [3.05, 3.63) is 12.5 Å². The summed E-state index contributed by atoms with van der Waals surface area (Å²) >= 11 is 0. The fraction of sp³-hybridized carbons (Fsp3) is 0.667. The maximum Gasteiger partial charge on any atom is 0.257 e. The van der Waals surface area contributed by atoms with Crippen molar-refractivity contribution in [1.29, 1.82) is 0 Å². The highest BCUT2D eigenvalue weighted by Crippen LogP contribution is 2.02. The average molecular weight is 310 g/mol. The van der Waals surface area contributed by atoms with Crippen LogP contribution in [0.5, 0.6) is 0 Å². The van der Waals surface area contributed by atoms with E-state index in [1.807, 2.05) is 0 Å². The van der Waals surface area contributed by atoms with E-state index in [1.165, 1.54) is 16.8 Å². The fourth-order valence-corrected chi connectivity index (χ4v) is 3.39. The van der Waals surface area contributed by atoms with Crippen LogP contribution in [0.2, 0.25) is 0 Å². The highest BCUT2D eigenvalue weighted by Gasteiger charge is 2.16. The van der Waals surface area contributed by atoms with Crippen LogP contribution in [-0.2, 0) is 20.0 Å². The third-order valence-electron chi connectivity index (χ3n) is 2.46. The summed E-state index contributed by atoms with van der Waals surface area (Å²) in [5.74, 6) is 0. The molecule has 8 nitrogen and oxygen atoms in total. The van der Waals surface area contributed by atoms with E-state index in [2.05, 4.69) is 14.7 Å². The molecular formula is C9H18N4O4S2. The van der Waals surface area contributed by atoms with Crippen LogP contribution in [0.25, 0.3) is 0 Å². The van der Waals surface area contributed by atoms with Crippen LogP contribution in [0.4, 0.5) is 0 Å². The molecule has 0 saturated carbocycles. The van der Waals surface area contributed by atoms with E-state index < -0.39 is 20.0 Å². The van der Waals surface area contributed by atoms with Gasteiger partial charge in [-0.2, -0.15) is 0 Å². The fourth-order valence-electron chi connectivity index (χ4n) is 1.49. The monoisotopic (exact) mass is 310 g/mol. The van der Waals surface area contributed by atoms with Crippen molar-refractivity contribution in [2.45, 2.75) is 18.4 Å². The lowest BCUT2D eigenvalue weighted by Gasteiger charge is -2.17. The van der Waals surface area contributed by atoms with Gasteiger partial charge in [-0.05, 0) is 6.42 Å². The van der Waals surface area contributed by atoms with E-state index >= 15 is 0 Å². The number of aromatic amines is 1. The first-order valence-electron chi connectivity index (χ1n) is 5.70. The van der Waals surface area contributed by atoms with Crippen molar-refractivity contribution in [1.82, 2.24) is 19.0 Å². The Kier molecular flexibility index (Phi) is 5.47.